The van der Waals surface area contributed by atoms with E-state index < -0.39 is 5.60 Å². The lowest BCUT2D eigenvalue weighted by Crippen LogP contribution is -2.17. The Morgan fingerprint density at radius 2 is 2.00 bits per heavy atom. The summed E-state index contributed by atoms with van der Waals surface area (Å²) in [6, 6.07) is 10.1. The van der Waals surface area contributed by atoms with Crippen LogP contribution >= 0.6 is 0 Å². The Balaban J connectivity index is 1.97. The number of epoxide rings is 1. The third kappa shape index (κ3) is 2.13. The van der Waals surface area contributed by atoms with Crippen molar-refractivity contribution in [1.29, 1.82) is 0 Å². The third-order valence-electron chi connectivity index (χ3n) is 3.38. The molecule has 1 aliphatic rings. The van der Waals surface area contributed by atoms with Gasteiger partial charge >= 0.3 is 0 Å². The van der Waals surface area contributed by atoms with Gasteiger partial charge in [-0.2, -0.15) is 0 Å². The maximum atomic E-state index is 9.51. The van der Waals surface area contributed by atoms with Crippen molar-refractivity contribution in [1.82, 2.24) is 0 Å². The van der Waals surface area contributed by atoms with E-state index in [2.05, 4.69) is 6.92 Å². The second-order valence-corrected chi connectivity index (χ2v) is 4.52. The zero-order chi connectivity index (χ0) is 11.4. The van der Waals surface area contributed by atoms with Crippen molar-refractivity contribution in [3.05, 3.63) is 35.9 Å². The zero-order valence-corrected chi connectivity index (χ0v) is 9.86. The average molecular weight is 220 g/mol. The fourth-order valence-electron chi connectivity index (χ4n) is 2.30. The Morgan fingerprint density at radius 3 is 2.62 bits per heavy atom. The summed E-state index contributed by atoms with van der Waals surface area (Å²) in [7, 11) is 0. The van der Waals surface area contributed by atoms with E-state index in [1.54, 1.807) is 0 Å². The van der Waals surface area contributed by atoms with E-state index >= 15 is 0 Å². The van der Waals surface area contributed by atoms with Crippen LogP contribution in [0.5, 0.6) is 0 Å². The molecular formula is C14H20O2. The molecule has 2 rings (SSSR count). The smallest absolute Gasteiger partial charge is 0.143 e. The Bertz CT molecular complexity index is 323. The molecule has 88 valence electrons. The monoisotopic (exact) mass is 220 g/mol. The molecule has 1 aromatic carbocycles. The summed E-state index contributed by atoms with van der Waals surface area (Å²) in [6.07, 6.45) is 4.94. The Morgan fingerprint density at radius 1 is 1.25 bits per heavy atom. The van der Waals surface area contributed by atoms with Crippen LogP contribution in [-0.2, 0) is 10.3 Å². The summed E-state index contributed by atoms with van der Waals surface area (Å²) >= 11 is 0. The van der Waals surface area contributed by atoms with Crippen LogP contribution in [0.2, 0.25) is 0 Å². The van der Waals surface area contributed by atoms with Gasteiger partial charge in [-0.05, 0) is 12.0 Å². The minimum Gasteiger partial charge on any atom is -0.393 e. The molecule has 0 aliphatic carbocycles. The van der Waals surface area contributed by atoms with Crippen molar-refractivity contribution in [2.24, 2.45) is 0 Å². The summed E-state index contributed by atoms with van der Waals surface area (Å²) < 4.78 is 5.74. The summed E-state index contributed by atoms with van der Waals surface area (Å²) in [5.74, 6) is 0. The molecule has 0 radical (unpaired) electrons. The van der Waals surface area contributed by atoms with E-state index in [9.17, 15) is 5.11 Å². The maximum Gasteiger partial charge on any atom is 0.143 e. The van der Waals surface area contributed by atoms with Crippen LogP contribution in [-0.4, -0.2) is 17.8 Å². The quantitative estimate of drug-likeness (QED) is 0.590. The molecule has 1 aromatic rings. The van der Waals surface area contributed by atoms with E-state index in [-0.39, 0.29) is 12.7 Å². The SMILES string of the molecule is CCCCC[C@H]1O[C@@]1(CO)c1ccccc1. The van der Waals surface area contributed by atoms with Gasteiger partial charge in [0, 0.05) is 0 Å². The van der Waals surface area contributed by atoms with Gasteiger partial charge < -0.3 is 9.84 Å². The molecule has 2 atom stereocenters. The normalized spacial score (nSPS) is 28.0. The molecule has 1 N–H and O–H groups in total. The number of rotatable bonds is 6. The first-order valence-corrected chi connectivity index (χ1v) is 6.17. The molecule has 16 heavy (non-hydrogen) atoms. The predicted molar refractivity (Wildman–Crippen MR) is 64.2 cm³/mol. The first-order valence-electron chi connectivity index (χ1n) is 6.17. The van der Waals surface area contributed by atoms with Gasteiger partial charge in [0.15, 0.2) is 0 Å². The van der Waals surface area contributed by atoms with Gasteiger partial charge in [0.2, 0.25) is 0 Å². The first kappa shape index (κ1) is 11.6. The third-order valence-corrected chi connectivity index (χ3v) is 3.38. The lowest BCUT2D eigenvalue weighted by atomic mass is 9.93. The summed E-state index contributed by atoms with van der Waals surface area (Å²) in [6.45, 7) is 2.29. The topological polar surface area (TPSA) is 32.8 Å². The van der Waals surface area contributed by atoms with Crippen molar-refractivity contribution in [2.75, 3.05) is 6.61 Å². The maximum absolute atomic E-state index is 9.51. The molecule has 0 spiro atoms. The molecule has 1 heterocycles. The van der Waals surface area contributed by atoms with Crippen LogP contribution in [0.1, 0.15) is 38.2 Å². The number of aliphatic hydroxyl groups excluding tert-OH is 1. The van der Waals surface area contributed by atoms with Gasteiger partial charge in [-0.1, -0.05) is 56.5 Å². The zero-order valence-electron chi connectivity index (χ0n) is 9.86. The van der Waals surface area contributed by atoms with Crippen LogP contribution in [0.25, 0.3) is 0 Å². The largest absolute Gasteiger partial charge is 0.393 e. The highest BCUT2D eigenvalue weighted by atomic mass is 16.6. The van der Waals surface area contributed by atoms with Crippen LogP contribution in [0.3, 0.4) is 0 Å². The second-order valence-electron chi connectivity index (χ2n) is 4.52. The summed E-state index contributed by atoms with van der Waals surface area (Å²) in [5.41, 5.74) is 0.716. The van der Waals surface area contributed by atoms with E-state index in [0.29, 0.717) is 0 Å². The Hall–Kier alpha value is -0.860. The highest BCUT2D eigenvalue weighted by Crippen LogP contribution is 2.48. The predicted octanol–water partition coefficient (Wildman–Crippen LogP) is 2.85. The van der Waals surface area contributed by atoms with Crippen molar-refractivity contribution < 1.29 is 9.84 Å². The Kier molecular flexibility index (Phi) is 3.62. The van der Waals surface area contributed by atoms with Gasteiger partial charge in [-0.3, -0.25) is 0 Å². The molecule has 0 bridgehead atoms. The average Bonchev–Trinajstić information content (AvgIpc) is 3.06. The second kappa shape index (κ2) is 4.98. The number of ether oxygens (including phenoxy) is 1. The number of unbranched alkanes of at least 4 members (excludes halogenated alkanes) is 2. The van der Waals surface area contributed by atoms with E-state index in [1.807, 2.05) is 30.3 Å². The van der Waals surface area contributed by atoms with E-state index in [1.165, 1.54) is 19.3 Å². The number of hydrogen-bond donors (Lipinski definition) is 1. The number of hydrogen-bond acceptors (Lipinski definition) is 2. The summed E-state index contributed by atoms with van der Waals surface area (Å²) in [5, 5.41) is 9.51. The van der Waals surface area contributed by atoms with Gasteiger partial charge in [0.1, 0.15) is 5.60 Å². The minimum atomic E-state index is -0.394. The summed E-state index contributed by atoms with van der Waals surface area (Å²) in [4.78, 5) is 0. The molecule has 1 saturated heterocycles. The van der Waals surface area contributed by atoms with E-state index in [0.717, 1.165) is 12.0 Å². The molecule has 0 aromatic heterocycles. The molecule has 1 fully saturated rings. The standard InChI is InChI=1S/C14H20O2/c1-2-3-5-10-13-14(11-15,16-13)12-8-6-4-7-9-12/h4,6-9,13,15H,2-3,5,10-11H2,1H3/t13-,14+/m1/s1. The molecule has 0 unspecified atom stereocenters. The van der Waals surface area contributed by atoms with Gasteiger partial charge in [-0.25, -0.2) is 0 Å². The molecule has 0 amide bonds. The van der Waals surface area contributed by atoms with Crippen molar-refractivity contribution in [3.63, 3.8) is 0 Å². The van der Waals surface area contributed by atoms with Crippen LogP contribution in [0.4, 0.5) is 0 Å². The highest BCUT2D eigenvalue weighted by Gasteiger charge is 2.56. The lowest BCUT2D eigenvalue weighted by Gasteiger charge is -2.09. The van der Waals surface area contributed by atoms with Gasteiger partial charge in [0.05, 0.1) is 12.7 Å². The van der Waals surface area contributed by atoms with Crippen molar-refractivity contribution in [3.8, 4) is 0 Å². The molecule has 2 heteroatoms. The van der Waals surface area contributed by atoms with Crippen LogP contribution < -0.4 is 0 Å². The van der Waals surface area contributed by atoms with Crippen LogP contribution in [0.15, 0.2) is 30.3 Å². The van der Waals surface area contributed by atoms with E-state index in [4.69, 9.17) is 4.74 Å². The van der Waals surface area contributed by atoms with Gasteiger partial charge in [0.25, 0.3) is 0 Å². The molecule has 1 aliphatic heterocycles. The highest BCUT2D eigenvalue weighted by molar-refractivity contribution is 5.29. The van der Waals surface area contributed by atoms with Crippen molar-refractivity contribution >= 4 is 0 Å². The van der Waals surface area contributed by atoms with Crippen LogP contribution in [0, 0.1) is 0 Å². The number of aliphatic hydroxyl groups is 1. The molecule has 0 saturated carbocycles. The fraction of sp³-hybridized carbons (Fsp3) is 0.571. The first-order chi connectivity index (χ1) is 7.83. The molecule has 2 nitrogen and oxygen atoms in total. The Labute approximate surface area is 97.3 Å². The lowest BCUT2D eigenvalue weighted by molar-refractivity contribution is 0.172. The minimum absolute atomic E-state index is 0.0911. The number of benzene rings is 1. The molecular weight excluding hydrogens is 200 g/mol. The van der Waals surface area contributed by atoms with Crippen molar-refractivity contribution in [2.45, 2.75) is 44.3 Å². The fourth-order valence-corrected chi connectivity index (χ4v) is 2.30. The van der Waals surface area contributed by atoms with Gasteiger partial charge in [-0.15, -0.1) is 0 Å².